The number of hydrogen-bond acceptors (Lipinski definition) is 3. The third-order valence-corrected chi connectivity index (χ3v) is 3.41. The Morgan fingerprint density at radius 3 is 2.79 bits per heavy atom. The van der Waals surface area contributed by atoms with Crippen LogP contribution in [-0.4, -0.2) is 21.9 Å². The van der Waals surface area contributed by atoms with E-state index in [0.29, 0.717) is 10.3 Å². The predicted molar refractivity (Wildman–Crippen MR) is 62.1 cm³/mol. The molecule has 1 aromatic heterocycles. The summed E-state index contributed by atoms with van der Waals surface area (Å²) in [7, 11) is 0. The maximum absolute atomic E-state index is 8.84. The summed E-state index contributed by atoms with van der Waals surface area (Å²) in [6, 6.07) is 3.57. The highest BCUT2D eigenvalue weighted by Crippen LogP contribution is 2.23. The van der Waals surface area contributed by atoms with E-state index in [9.17, 15) is 0 Å². The standard InChI is InChI=1S/C9H11Cl2NOS/c1-6(4-13)14-5-7-2-3-8(10)12-9(7)11/h2-3,6,13H,4-5H2,1H3. The highest BCUT2D eigenvalue weighted by atomic mass is 35.5. The lowest BCUT2D eigenvalue weighted by atomic mass is 10.3. The van der Waals surface area contributed by atoms with E-state index < -0.39 is 0 Å². The molecule has 2 nitrogen and oxygen atoms in total. The van der Waals surface area contributed by atoms with Crippen molar-refractivity contribution in [3.8, 4) is 0 Å². The van der Waals surface area contributed by atoms with Gasteiger partial charge in [0.05, 0.1) is 6.61 Å². The van der Waals surface area contributed by atoms with E-state index in [1.807, 2.05) is 13.0 Å². The molecular weight excluding hydrogens is 241 g/mol. The summed E-state index contributed by atoms with van der Waals surface area (Å²) in [5.41, 5.74) is 0.946. The van der Waals surface area contributed by atoms with Gasteiger partial charge in [-0.05, 0) is 11.6 Å². The van der Waals surface area contributed by atoms with Crippen molar-refractivity contribution in [3.63, 3.8) is 0 Å². The van der Waals surface area contributed by atoms with Crippen LogP contribution in [0.25, 0.3) is 0 Å². The Labute approximate surface area is 97.6 Å². The molecule has 0 aromatic carbocycles. The second kappa shape index (κ2) is 5.81. The predicted octanol–water partition coefficient (Wildman–Crippen LogP) is 3.00. The molecule has 1 rings (SSSR count). The number of nitrogens with zero attached hydrogens (tertiary/aromatic N) is 1. The van der Waals surface area contributed by atoms with Gasteiger partial charge in [0.25, 0.3) is 0 Å². The largest absolute Gasteiger partial charge is 0.395 e. The lowest BCUT2D eigenvalue weighted by Crippen LogP contribution is -2.02. The molecule has 0 spiro atoms. The Hall–Kier alpha value is 0.0400. The van der Waals surface area contributed by atoms with Crippen molar-refractivity contribution < 1.29 is 5.11 Å². The van der Waals surface area contributed by atoms with Gasteiger partial charge in [0.1, 0.15) is 10.3 Å². The molecule has 0 saturated carbocycles. The molecule has 0 bridgehead atoms. The van der Waals surface area contributed by atoms with Gasteiger partial charge >= 0.3 is 0 Å². The lowest BCUT2D eigenvalue weighted by molar-refractivity contribution is 0.300. The summed E-state index contributed by atoms with van der Waals surface area (Å²) in [6.45, 7) is 2.13. The number of pyridine rings is 1. The maximum atomic E-state index is 8.84. The molecular formula is C9H11Cl2NOS. The fraction of sp³-hybridized carbons (Fsp3) is 0.444. The summed E-state index contributed by atoms with van der Waals surface area (Å²) in [5.74, 6) is 0.741. The van der Waals surface area contributed by atoms with Crippen molar-refractivity contribution in [3.05, 3.63) is 28.0 Å². The highest BCUT2D eigenvalue weighted by Gasteiger charge is 2.05. The molecule has 1 unspecified atom stereocenters. The number of halogens is 2. The van der Waals surface area contributed by atoms with E-state index in [0.717, 1.165) is 11.3 Å². The third kappa shape index (κ3) is 3.65. The molecule has 1 heterocycles. The monoisotopic (exact) mass is 251 g/mol. The number of rotatable bonds is 4. The van der Waals surface area contributed by atoms with Crippen LogP contribution in [0.3, 0.4) is 0 Å². The summed E-state index contributed by atoms with van der Waals surface area (Å²) in [5, 5.41) is 9.89. The fourth-order valence-corrected chi connectivity index (χ4v) is 2.13. The zero-order valence-electron chi connectivity index (χ0n) is 7.70. The molecule has 5 heteroatoms. The maximum Gasteiger partial charge on any atom is 0.134 e. The first-order valence-corrected chi connectivity index (χ1v) is 5.97. The minimum atomic E-state index is 0.170. The second-order valence-electron chi connectivity index (χ2n) is 2.89. The molecule has 0 amide bonds. The number of aliphatic hydroxyl groups is 1. The van der Waals surface area contributed by atoms with Crippen molar-refractivity contribution in [2.24, 2.45) is 0 Å². The molecule has 0 aliphatic carbocycles. The van der Waals surface area contributed by atoms with Crippen LogP contribution < -0.4 is 0 Å². The quantitative estimate of drug-likeness (QED) is 0.836. The molecule has 1 N–H and O–H groups in total. The SMILES string of the molecule is CC(CO)SCc1ccc(Cl)nc1Cl. The molecule has 0 aliphatic rings. The molecule has 78 valence electrons. The van der Waals surface area contributed by atoms with Crippen LogP contribution in [0.2, 0.25) is 10.3 Å². The van der Waals surface area contributed by atoms with Crippen molar-refractivity contribution in [1.82, 2.24) is 4.98 Å². The van der Waals surface area contributed by atoms with Crippen molar-refractivity contribution in [2.45, 2.75) is 17.9 Å². The molecule has 1 atom stereocenters. The Kier molecular flexibility index (Phi) is 5.02. The zero-order valence-corrected chi connectivity index (χ0v) is 10.0. The summed E-state index contributed by atoms with van der Waals surface area (Å²) < 4.78 is 0. The zero-order chi connectivity index (χ0) is 10.6. The van der Waals surface area contributed by atoms with Gasteiger partial charge in [-0.15, -0.1) is 0 Å². The van der Waals surface area contributed by atoms with E-state index in [4.69, 9.17) is 28.3 Å². The summed E-state index contributed by atoms with van der Waals surface area (Å²) in [4.78, 5) is 3.93. The number of aromatic nitrogens is 1. The number of hydrogen-bond donors (Lipinski definition) is 1. The van der Waals surface area contributed by atoms with Crippen molar-refractivity contribution in [2.75, 3.05) is 6.61 Å². The van der Waals surface area contributed by atoms with Crippen molar-refractivity contribution >= 4 is 35.0 Å². The van der Waals surface area contributed by atoms with Gasteiger partial charge < -0.3 is 5.11 Å². The smallest absolute Gasteiger partial charge is 0.134 e. The number of thioether (sulfide) groups is 1. The van der Waals surface area contributed by atoms with Crippen molar-refractivity contribution in [1.29, 1.82) is 0 Å². The molecule has 0 radical (unpaired) electrons. The topological polar surface area (TPSA) is 33.1 Å². The first-order chi connectivity index (χ1) is 6.63. The minimum Gasteiger partial charge on any atom is -0.395 e. The van der Waals surface area contributed by atoms with Gasteiger partial charge in [0, 0.05) is 11.0 Å². The van der Waals surface area contributed by atoms with Crippen LogP contribution in [0, 0.1) is 0 Å². The molecule has 0 saturated heterocycles. The Bertz CT molecular complexity index is 309. The van der Waals surface area contributed by atoms with Crippen LogP contribution >= 0.6 is 35.0 Å². The molecule has 14 heavy (non-hydrogen) atoms. The van der Waals surface area contributed by atoms with Gasteiger partial charge in [0.2, 0.25) is 0 Å². The average Bonchev–Trinajstić information content (AvgIpc) is 2.16. The molecule has 0 fully saturated rings. The lowest BCUT2D eigenvalue weighted by Gasteiger charge is -2.08. The third-order valence-electron chi connectivity index (χ3n) is 1.67. The highest BCUT2D eigenvalue weighted by molar-refractivity contribution is 7.99. The van der Waals surface area contributed by atoms with Crippen LogP contribution in [0.4, 0.5) is 0 Å². The second-order valence-corrected chi connectivity index (χ2v) is 5.06. The number of aliphatic hydroxyl groups excluding tert-OH is 1. The van der Waals surface area contributed by atoms with Gasteiger partial charge in [-0.1, -0.05) is 36.2 Å². The van der Waals surface area contributed by atoms with Crippen LogP contribution in [0.5, 0.6) is 0 Å². The molecule has 1 aromatic rings. The Morgan fingerprint density at radius 2 is 2.21 bits per heavy atom. The van der Waals surface area contributed by atoms with Gasteiger partial charge in [-0.25, -0.2) is 4.98 Å². The van der Waals surface area contributed by atoms with E-state index >= 15 is 0 Å². The fourth-order valence-electron chi connectivity index (χ4n) is 0.833. The van der Waals surface area contributed by atoms with Gasteiger partial charge in [-0.3, -0.25) is 0 Å². The van der Waals surface area contributed by atoms with E-state index in [2.05, 4.69) is 4.98 Å². The summed E-state index contributed by atoms with van der Waals surface area (Å²) >= 11 is 13.2. The first kappa shape index (κ1) is 12.1. The van der Waals surface area contributed by atoms with E-state index in [-0.39, 0.29) is 11.9 Å². The van der Waals surface area contributed by atoms with Crippen LogP contribution in [0.15, 0.2) is 12.1 Å². The Balaban J connectivity index is 2.59. The minimum absolute atomic E-state index is 0.170. The van der Waals surface area contributed by atoms with E-state index in [1.165, 1.54) is 0 Å². The van der Waals surface area contributed by atoms with Gasteiger partial charge in [-0.2, -0.15) is 11.8 Å². The summed E-state index contributed by atoms with van der Waals surface area (Å²) in [6.07, 6.45) is 0. The molecule has 0 aliphatic heterocycles. The van der Waals surface area contributed by atoms with Crippen LogP contribution in [0.1, 0.15) is 12.5 Å². The van der Waals surface area contributed by atoms with E-state index in [1.54, 1.807) is 17.8 Å². The first-order valence-electron chi connectivity index (χ1n) is 4.17. The normalized spacial score (nSPS) is 12.9. The van der Waals surface area contributed by atoms with Gasteiger partial charge in [0.15, 0.2) is 0 Å². The average molecular weight is 252 g/mol. The Morgan fingerprint density at radius 1 is 1.50 bits per heavy atom. The van der Waals surface area contributed by atoms with Crippen LogP contribution in [-0.2, 0) is 5.75 Å².